The van der Waals surface area contributed by atoms with Crippen molar-refractivity contribution in [1.82, 2.24) is 9.80 Å². The van der Waals surface area contributed by atoms with E-state index in [1.165, 1.54) is 0 Å². The predicted molar refractivity (Wildman–Crippen MR) is 113 cm³/mol. The van der Waals surface area contributed by atoms with Crippen LogP contribution in [0.3, 0.4) is 0 Å². The first-order valence-electron chi connectivity index (χ1n) is 11.0. The molecule has 1 aromatic rings. The average molecular weight is 416 g/mol. The van der Waals surface area contributed by atoms with Crippen LogP contribution in [0.25, 0.3) is 0 Å². The first-order chi connectivity index (χ1) is 14.4. The van der Waals surface area contributed by atoms with Crippen LogP contribution in [0.1, 0.15) is 51.5 Å². The van der Waals surface area contributed by atoms with Gasteiger partial charge in [0.1, 0.15) is 18.7 Å². The van der Waals surface area contributed by atoms with Crippen molar-refractivity contribution in [3.05, 3.63) is 35.9 Å². The number of carbonyl (C=O) groups excluding carboxylic acids is 3. The fourth-order valence-electron chi connectivity index (χ4n) is 4.27. The Labute approximate surface area is 178 Å². The lowest BCUT2D eigenvalue weighted by Gasteiger charge is -2.32. The summed E-state index contributed by atoms with van der Waals surface area (Å²) in [6.45, 7) is 5.20. The van der Waals surface area contributed by atoms with E-state index in [1.807, 2.05) is 44.2 Å². The third-order valence-electron chi connectivity index (χ3n) is 6.39. The lowest BCUT2D eigenvalue weighted by molar-refractivity contribution is -0.156. The second kappa shape index (κ2) is 10.1. The third-order valence-corrected chi connectivity index (χ3v) is 6.39. The molecule has 2 fully saturated rings. The van der Waals surface area contributed by atoms with Gasteiger partial charge in [0.05, 0.1) is 6.04 Å². The van der Waals surface area contributed by atoms with Crippen LogP contribution in [-0.4, -0.2) is 58.8 Å². The number of hydrogen-bond donors (Lipinski definition) is 1. The number of ether oxygens (including phenoxy) is 1. The number of amides is 2. The van der Waals surface area contributed by atoms with Crippen LogP contribution < -0.4 is 5.73 Å². The van der Waals surface area contributed by atoms with Crippen molar-refractivity contribution in [2.45, 2.75) is 70.7 Å². The van der Waals surface area contributed by atoms with E-state index in [2.05, 4.69) is 0 Å². The molecule has 1 aromatic carbocycles. The van der Waals surface area contributed by atoms with Crippen LogP contribution in [0.15, 0.2) is 30.3 Å². The topological polar surface area (TPSA) is 92.9 Å². The molecule has 7 heteroatoms. The molecule has 4 atom stereocenters. The Morgan fingerprint density at radius 2 is 1.70 bits per heavy atom. The van der Waals surface area contributed by atoms with Crippen molar-refractivity contribution in [2.75, 3.05) is 13.1 Å². The molecule has 0 radical (unpaired) electrons. The van der Waals surface area contributed by atoms with Gasteiger partial charge in [-0.3, -0.25) is 9.59 Å². The number of benzene rings is 1. The average Bonchev–Trinajstić information content (AvgIpc) is 3.46. The van der Waals surface area contributed by atoms with Crippen LogP contribution in [0.5, 0.6) is 0 Å². The SMILES string of the molecule is CC[C@H](C)[C@H](N)C(=O)N1CCC[C@H]1C(=O)N1CCC[C@H]1C(=O)OCc1ccccc1. The summed E-state index contributed by atoms with van der Waals surface area (Å²) in [6, 6.07) is 7.77. The summed E-state index contributed by atoms with van der Waals surface area (Å²) >= 11 is 0. The molecule has 2 saturated heterocycles. The maximum absolute atomic E-state index is 13.3. The Morgan fingerprint density at radius 1 is 1.07 bits per heavy atom. The predicted octanol–water partition coefficient (Wildman–Crippen LogP) is 2.09. The monoisotopic (exact) mass is 415 g/mol. The van der Waals surface area contributed by atoms with E-state index in [9.17, 15) is 14.4 Å². The van der Waals surface area contributed by atoms with Crippen LogP contribution in [-0.2, 0) is 25.7 Å². The molecule has 0 bridgehead atoms. The molecule has 164 valence electrons. The fraction of sp³-hybridized carbons (Fsp3) is 0.609. The first-order valence-corrected chi connectivity index (χ1v) is 11.0. The molecule has 0 aliphatic carbocycles. The second-order valence-electron chi connectivity index (χ2n) is 8.38. The van der Waals surface area contributed by atoms with Crippen molar-refractivity contribution < 1.29 is 19.1 Å². The van der Waals surface area contributed by atoms with E-state index in [-0.39, 0.29) is 30.3 Å². The van der Waals surface area contributed by atoms with Crippen molar-refractivity contribution >= 4 is 17.8 Å². The zero-order chi connectivity index (χ0) is 21.7. The number of carbonyl (C=O) groups is 3. The largest absolute Gasteiger partial charge is 0.459 e. The van der Waals surface area contributed by atoms with Gasteiger partial charge in [-0.05, 0) is 37.2 Å². The third kappa shape index (κ3) is 4.83. The minimum Gasteiger partial charge on any atom is -0.459 e. The van der Waals surface area contributed by atoms with Crippen LogP contribution >= 0.6 is 0 Å². The molecule has 2 aliphatic heterocycles. The van der Waals surface area contributed by atoms with Gasteiger partial charge in [0.2, 0.25) is 11.8 Å². The summed E-state index contributed by atoms with van der Waals surface area (Å²) in [7, 11) is 0. The first kappa shape index (κ1) is 22.3. The van der Waals surface area contributed by atoms with E-state index >= 15 is 0 Å². The van der Waals surface area contributed by atoms with Crippen molar-refractivity contribution in [3.8, 4) is 0 Å². The minimum absolute atomic E-state index is 0.0568. The maximum Gasteiger partial charge on any atom is 0.329 e. The highest BCUT2D eigenvalue weighted by Gasteiger charge is 2.43. The molecule has 3 rings (SSSR count). The van der Waals surface area contributed by atoms with Crippen molar-refractivity contribution in [1.29, 1.82) is 0 Å². The molecule has 0 unspecified atom stereocenters. The van der Waals surface area contributed by atoms with Gasteiger partial charge >= 0.3 is 5.97 Å². The van der Waals surface area contributed by atoms with Gasteiger partial charge in [-0.15, -0.1) is 0 Å². The Kier molecular flexibility index (Phi) is 7.48. The van der Waals surface area contributed by atoms with Gasteiger partial charge in [0.15, 0.2) is 0 Å². The summed E-state index contributed by atoms with van der Waals surface area (Å²) in [6.07, 6.45) is 3.53. The van der Waals surface area contributed by atoms with E-state index in [4.69, 9.17) is 10.5 Å². The minimum atomic E-state index is -0.603. The number of hydrogen-bond acceptors (Lipinski definition) is 5. The maximum atomic E-state index is 13.3. The lowest BCUT2D eigenvalue weighted by atomic mass is 9.98. The van der Waals surface area contributed by atoms with Crippen LogP contribution in [0.2, 0.25) is 0 Å². The van der Waals surface area contributed by atoms with E-state index < -0.39 is 18.1 Å². The highest BCUT2D eigenvalue weighted by atomic mass is 16.5. The molecular weight excluding hydrogens is 382 g/mol. The van der Waals surface area contributed by atoms with Crippen molar-refractivity contribution in [2.24, 2.45) is 11.7 Å². The lowest BCUT2D eigenvalue weighted by Crippen LogP contribution is -2.55. The van der Waals surface area contributed by atoms with Crippen LogP contribution in [0, 0.1) is 5.92 Å². The smallest absolute Gasteiger partial charge is 0.329 e. The number of nitrogens with two attached hydrogens (primary N) is 1. The summed E-state index contributed by atoms with van der Waals surface area (Å²) in [5, 5.41) is 0. The second-order valence-corrected chi connectivity index (χ2v) is 8.38. The quantitative estimate of drug-likeness (QED) is 0.689. The molecule has 0 spiro atoms. The fourth-order valence-corrected chi connectivity index (χ4v) is 4.27. The molecule has 7 nitrogen and oxygen atoms in total. The van der Waals surface area contributed by atoms with Gasteiger partial charge in [0, 0.05) is 13.1 Å². The number of rotatable bonds is 7. The Bertz CT molecular complexity index is 754. The highest BCUT2D eigenvalue weighted by Crippen LogP contribution is 2.27. The summed E-state index contributed by atoms with van der Waals surface area (Å²) in [4.78, 5) is 42.1. The number of esters is 1. The normalized spacial score (nSPS) is 23.3. The molecule has 2 heterocycles. The molecule has 2 amide bonds. The highest BCUT2D eigenvalue weighted by molar-refractivity contribution is 5.93. The van der Waals surface area contributed by atoms with E-state index in [0.717, 1.165) is 24.8 Å². The Hall–Kier alpha value is -2.41. The zero-order valence-electron chi connectivity index (χ0n) is 18.0. The summed E-state index contributed by atoms with van der Waals surface area (Å²) < 4.78 is 5.48. The van der Waals surface area contributed by atoms with Gasteiger partial charge in [0.25, 0.3) is 0 Å². The van der Waals surface area contributed by atoms with Crippen LogP contribution in [0.4, 0.5) is 0 Å². The Balaban J connectivity index is 1.64. The molecule has 30 heavy (non-hydrogen) atoms. The summed E-state index contributed by atoms with van der Waals surface area (Å²) in [5.41, 5.74) is 7.06. The van der Waals surface area contributed by atoms with E-state index in [0.29, 0.717) is 25.9 Å². The number of nitrogens with zero attached hydrogens (tertiary/aromatic N) is 2. The van der Waals surface area contributed by atoms with Gasteiger partial charge in [-0.25, -0.2) is 4.79 Å². The van der Waals surface area contributed by atoms with Gasteiger partial charge < -0.3 is 20.3 Å². The molecule has 0 aromatic heterocycles. The molecule has 2 aliphatic rings. The molecule has 0 saturated carbocycles. The van der Waals surface area contributed by atoms with Gasteiger partial charge in [-0.1, -0.05) is 50.6 Å². The molecular formula is C23H33N3O4. The Morgan fingerprint density at radius 3 is 2.37 bits per heavy atom. The molecule has 2 N–H and O–H groups in total. The number of likely N-dealkylation sites (tertiary alicyclic amines) is 2. The van der Waals surface area contributed by atoms with Crippen molar-refractivity contribution in [3.63, 3.8) is 0 Å². The zero-order valence-corrected chi connectivity index (χ0v) is 18.0. The standard InChI is InChI=1S/C23H33N3O4/c1-3-16(2)20(24)22(28)25-13-7-11-18(25)21(27)26-14-8-12-19(26)23(29)30-15-17-9-5-4-6-10-17/h4-6,9-10,16,18-20H,3,7-8,11-15,24H2,1-2H3/t16-,18-,19-,20-/m0/s1. The van der Waals surface area contributed by atoms with E-state index in [1.54, 1.807) is 9.80 Å². The van der Waals surface area contributed by atoms with Gasteiger partial charge in [-0.2, -0.15) is 0 Å². The summed E-state index contributed by atoms with van der Waals surface area (Å²) in [5.74, 6) is -0.641.